The first-order valence-corrected chi connectivity index (χ1v) is 12.1. The Bertz CT molecular complexity index is 1520. The molecule has 8 nitrogen and oxygen atoms in total. The van der Waals surface area contributed by atoms with Gasteiger partial charge in [-0.15, -0.1) is 0 Å². The monoisotopic (exact) mass is 527 g/mol. The van der Waals surface area contributed by atoms with Gasteiger partial charge in [0.25, 0.3) is 11.8 Å². The van der Waals surface area contributed by atoms with E-state index in [0.717, 1.165) is 11.1 Å². The molecule has 4 heterocycles. The lowest BCUT2D eigenvalue weighted by Crippen LogP contribution is -2.45. The van der Waals surface area contributed by atoms with Crippen LogP contribution in [0.15, 0.2) is 36.7 Å². The van der Waals surface area contributed by atoms with Crippen molar-refractivity contribution >= 4 is 28.7 Å². The fraction of sp³-hybridized carbons (Fsp3) is 0.346. The van der Waals surface area contributed by atoms with Gasteiger partial charge in [-0.05, 0) is 51.5 Å². The van der Waals surface area contributed by atoms with Crippen LogP contribution in [-0.4, -0.2) is 54.3 Å². The number of aryl methyl sites for hydroxylation is 1. The van der Waals surface area contributed by atoms with Gasteiger partial charge in [0.15, 0.2) is 11.6 Å². The fourth-order valence-corrected chi connectivity index (χ4v) is 4.72. The maximum absolute atomic E-state index is 14.9. The van der Waals surface area contributed by atoms with Crippen LogP contribution in [0.5, 0.6) is 0 Å². The van der Waals surface area contributed by atoms with E-state index in [-0.39, 0.29) is 59.5 Å². The maximum atomic E-state index is 14.9. The Balaban J connectivity index is 1.39. The number of pyridine rings is 1. The Morgan fingerprint density at radius 2 is 1.87 bits per heavy atom. The number of piperidine rings is 1. The van der Waals surface area contributed by atoms with Crippen molar-refractivity contribution in [3.63, 3.8) is 0 Å². The standard InChI is InChI=1S/C26H25F4N7O/c1-14(2)37-15(3)33-23-18(27)9-17(10-20(23)37)22-19(28)12-32-25(35-22)34-21-6-5-16(11-31-21)24(38)36-8-4-7-26(29,30)13-36/h5-6,9-12,14H,4,7-8,13H2,1-3H3,(H,31,32,34,35). The van der Waals surface area contributed by atoms with E-state index in [2.05, 4.69) is 25.3 Å². The van der Waals surface area contributed by atoms with Gasteiger partial charge < -0.3 is 14.8 Å². The highest BCUT2D eigenvalue weighted by Gasteiger charge is 2.37. The van der Waals surface area contributed by atoms with Crippen LogP contribution in [0.25, 0.3) is 22.3 Å². The van der Waals surface area contributed by atoms with E-state index in [1.807, 2.05) is 18.4 Å². The summed E-state index contributed by atoms with van der Waals surface area (Å²) < 4.78 is 58.9. The third kappa shape index (κ3) is 4.90. The number of carbonyl (C=O) groups is 1. The van der Waals surface area contributed by atoms with E-state index < -0.39 is 30.0 Å². The topological polar surface area (TPSA) is 88.8 Å². The summed E-state index contributed by atoms with van der Waals surface area (Å²) in [6.07, 6.45) is 2.22. The number of nitrogens with one attached hydrogen (secondary N) is 1. The van der Waals surface area contributed by atoms with Gasteiger partial charge in [-0.1, -0.05) is 0 Å². The number of amides is 1. The summed E-state index contributed by atoms with van der Waals surface area (Å²) in [6.45, 7) is 5.30. The van der Waals surface area contributed by atoms with Crippen LogP contribution in [0.1, 0.15) is 48.9 Å². The molecule has 0 bridgehead atoms. The molecule has 0 atom stereocenters. The van der Waals surface area contributed by atoms with E-state index in [0.29, 0.717) is 11.3 Å². The van der Waals surface area contributed by atoms with Gasteiger partial charge in [0, 0.05) is 30.8 Å². The van der Waals surface area contributed by atoms with E-state index in [1.54, 1.807) is 13.0 Å². The van der Waals surface area contributed by atoms with Gasteiger partial charge in [-0.25, -0.2) is 37.5 Å². The number of nitrogens with zero attached hydrogens (tertiary/aromatic N) is 6. The molecule has 38 heavy (non-hydrogen) atoms. The van der Waals surface area contributed by atoms with Crippen molar-refractivity contribution in [2.45, 2.75) is 45.6 Å². The van der Waals surface area contributed by atoms with Crippen LogP contribution in [-0.2, 0) is 0 Å². The van der Waals surface area contributed by atoms with Gasteiger partial charge in [-0.3, -0.25) is 4.79 Å². The molecule has 0 aliphatic carbocycles. The number of imidazole rings is 1. The number of hydrogen-bond acceptors (Lipinski definition) is 6. The Kier molecular flexibility index (Phi) is 6.49. The first-order valence-electron chi connectivity index (χ1n) is 12.1. The highest BCUT2D eigenvalue weighted by molar-refractivity contribution is 5.94. The van der Waals surface area contributed by atoms with Gasteiger partial charge in [0.05, 0.1) is 23.8 Å². The highest BCUT2D eigenvalue weighted by Crippen LogP contribution is 2.31. The predicted octanol–water partition coefficient (Wildman–Crippen LogP) is 5.67. The molecular weight excluding hydrogens is 502 g/mol. The molecule has 0 unspecified atom stereocenters. The molecular formula is C26H25F4N7O. The summed E-state index contributed by atoms with van der Waals surface area (Å²) in [5.74, 6) is -3.89. The zero-order valence-corrected chi connectivity index (χ0v) is 21.0. The minimum Gasteiger partial charge on any atom is -0.333 e. The molecule has 1 aliphatic rings. The number of alkyl halides is 2. The normalized spacial score (nSPS) is 15.3. The van der Waals surface area contributed by atoms with Gasteiger partial charge in [-0.2, -0.15) is 0 Å². The third-order valence-electron chi connectivity index (χ3n) is 6.39. The van der Waals surface area contributed by atoms with Gasteiger partial charge in [0.1, 0.15) is 22.9 Å². The first kappa shape index (κ1) is 25.6. The Labute approximate surface area is 215 Å². The van der Waals surface area contributed by atoms with Crippen molar-refractivity contribution in [1.82, 2.24) is 29.4 Å². The van der Waals surface area contributed by atoms with Crippen molar-refractivity contribution in [3.05, 3.63) is 59.7 Å². The molecule has 198 valence electrons. The molecule has 1 fully saturated rings. The lowest BCUT2D eigenvalue weighted by atomic mass is 10.1. The van der Waals surface area contributed by atoms with Crippen molar-refractivity contribution in [3.8, 4) is 11.3 Å². The first-order chi connectivity index (χ1) is 18.0. The Morgan fingerprint density at radius 1 is 1.08 bits per heavy atom. The summed E-state index contributed by atoms with van der Waals surface area (Å²) in [6, 6.07) is 5.74. The molecule has 3 aromatic heterocycles. The molecule has 1 N–H and O–H groups in total. The molecule has 1 aromatic carbocycles. The number of rotatable bonds is 5. The van der Waals surface area contributed by atoms with Crippen LogP contribution >= 0.6 is 0 Å². The fourth-order valence-electron chi connectivity index (χ4n) is 4.72. The Morgan fingerprint density at radius 3 is 2.55 bits per heavy atom. The number of anilines is 2. The number of hydrogen-bond donors (Lipinski definition) is 1. The van der Waals surface area contributed by atoms with Crippen LogP contribution in [0, 0.1) is 18.6 Å². The molecule has 0 radical (unpaired) electrons. The number of halogens is 4. The van der Waals surface area contributed by atoms with Crippen LogP contribution in [0.3, 0.4) is 0 Å². The molecule has 1 amide bonds. The molecule has 0 spiro atoms. The average Bonchev–Trinajstić information content (AvgIpc) is 3.21. The largest absolute Gasteiger partial charge is 0.333 e. The number of likely N-dealkylation sites (tertiary alicyclic amines) is 1. The average molecular weight is 528 g/mol. The molecule has 0 saturated carbocycles. The third-order valence-corrected chi connectivity index (χ3v) is 6.39. The van der Waals surface area contributed by atoms with Crippen molar-refractivity contribution < 1.29 is 22.4 Å². The lowest BCUT2D eigenvalue weighted by molar-refractivity contribution is -0.0560. The summed E-state index contributed by atoms with van der Waals surface area (Å²) in [4.78, 5) is 30.3. The summed E-state index contributed by atoms with van der Waals surface area (Å²) in [5.41, 5.74) is 0.977. The second-order valence-corrected chi connectivity index (χ2v) is 9.58. The van der Waals surface area contributed by atoms with Gasteiger partial charge in [0.2, 0.25) is 5.95 Å². The number of aromatic nitrogens is 5. The molecule has 1 aliphatic heterocycles. The zero-order chi connectivity index (χ0) is 27.2. The minimum atomic E-state index is -2.90. The smallest absolute Gasteiger partial charge is 0.265 e. The van der Waals surface area contributed by atoms with E-state index in [9.17, 15) is 22.4 Å². The quantitative estimate of drug-likeness (QED) is 0.337. The maximum Gasteiger partial charge on any atom is 0.265 e. The summed E-state index contributed by atoms with van der Waals surface area (Å²) in [5, 5.41) is 2.83. The van der Waals surface area contributed by atoms with Crippen LogP contribution in [0.4, 0.5) is 29.3 Å². The summed E-state index contributed by atoms with van der Waals surface area (Å²) >= 11 is 0. The molecule has 4 aromatic rings. The number of benzene rings is 1. The number of fused-ring (bicyclic) bond motifs is 1. The molecule has 12 heteroatoms. The predicted molar refractivity (Wildman–Crippen MR) is 133 cm³/mol. The Hall–Kier alpha value is -4.09. The lowest BCUT2D eigenvalue weighted by Gasteiger charge is -2.32. The van der Waals surface area contributed by atoms with Gasteiger partial charge >= 0.3 is 0 Å². The van der Waals surface area contributed by atoms with Crippen LogP contribution in [0.2, 0.25) is 0 Å². The van der Waals surface area contributed by atoms with Crippen molar-refractivity contribution in [2.75, 3.05) is 18.4 Å². The second kappa shape index (κ2) is 9.66. The van der Waals surface area contributed by atoms with E-state index in [4.69, 9.17) is 0 Å². The highest BCUT2D eigenvalue weighted by atomic mass is 19.3. The van der Waals surface area contributed by atoms with Crippen molar-refractivity contribution in [1.29, 1.82) is 0 Å². The second-order valence-electron chi connectivity index (χ2n) is 9.58. The van der Waals surface area contributed by atoms with Crippen molar-refractivity contribution in [2.24, 2.45) is 0 Å². The summed E-state index contributed by atoms with van der Waals surface area (Å²) in [7, 11) is 0. The zero-order valence-electron chi connectivity index (χ0n) is 21.0. The molecule has 1 saturated heterocycles. The number of carbonyl (C=O) groups excluding carboxylic acids is 1. The van der Waals surface area contributed by atoms with Crippen LogP contribution < -0.4 is 5.32 Å². The van der Waals surface area contributed by atoms with E-state index >= 15 is 0 Å². The van der Waals surface area contributed by atoms with E-state index in [1.165, 1.54) is 24.4 Å². The SMILES string of the molecule is Cc1nc2c(F)cc(-c3nc(Nc4ccc(C(=O)N5CCCC(F)(F)C5)cn4)ncc3F)cc2n1C(C)C. The molecule has 5 rings (SSSR count). The minimum absolute atomic E-state index is 0.00213.